The van der Waals surface area contributed by atoms with Crippen LogP contribution in [0.5, 0.6) is 5.75 Å². The minimum atomic E-state index is 0.161. The van der Waals surface area contributed by atoms with Gasteiger partial charge < -0.3 is 4.74 Å². The number of ether oxygens (including phenoxy) is 1. The Balaban J connectivity index is 2.25. The normalized spacial score (nSPS) is 10.7. The number of halogens is 2. The Kier molecular flexibility index (Phi) is 4.19. The lowest BCUT2D eigenvalue weighted by molar-refractivity contribution is 0.242. The largest absolute Gasteiger partial charge is 0.491 e. The highest BCUT2D eigenvalue weighted by molar-refractivity contribution is 9.10. The van der Waals surface area contributed by atoms with Crippen molar-refractivity contribution < 1.29 is 4.74 Å². The highest BCUT2D eigenvalue weighted by atomic mass is 79.9. The first-order valence-electron chi connectivity index (χ1n) is 5.51. The molecule has 94 valence electrons. The summed E-state index contributed by atoms with van der Waals surface area (Å²) in [6.07, 6.45) is 1.80. The summed E-state index contributed by atoms with van der Waals surface area (Å²) in [5, 5.41) is 0.405. The van der Waals surface area contributed by atoms with Crippen LogP contribution in [-0.4, -0.2) is 16.1 Å². The zero-order valence-corrected chi connectivity index (χ0v) is 12.4. The molecule has 0 fully saturated rings. The predicted octanol–water partition coefficient (Wildman–Crippen LogP) is 4.35. The van der Waals surface area contributed by atoms with Crippen molar-refractivity contribution >= 4 is 27.5 Å². The van der Waals surface area contributed by atoms with E-state index in [9.17, 15) is 0 Å². The van der Waals surface area contributed by atoms with E-state index in [-0.39, 0.29) is 6.10 Å². The van der Waals surface area contributed by atoms with Gasteiger partial charge in [-0.2, -0.15) is 0 Å². The van der Waals surface area contributed by atoms with E-state index in [1.807, 2.05) is 38.1 Å². The van der Waals surface area contributed by atoms with Crippen LogP contribution >= 0.6 is 27.5 Å². The summed E-state index contributed by atoms with van der Waals surface area (Å²) < 4.78 is 6.26. The van der Waals surface area contributed by atoms with Gasteiger partial charge in [-0.1, -0.05) is 11.6 Å². The molecule has 0 aliphatic heterocycles. The maximum atomic E-state index is 5.94. The van der Waals surface area contributed by atoms with Crippen molar-refractivity contribution in [2.45, 2.75) is 20.0 Å². The average molecular weight is 328 g/mol. The van der Waals surface area contributed by atoms with Gasteiger partial charge in [0, 0.05) is 11.8 Å². The van der Waals surface area contributed by atoms with Gasteiger partial charge in [-0.25, -0.2) is 9.97 Å². The van der Waals surface area contributed by atoms with Gasteiger partial charge in [0.05, 0.1) is 10.6 Å². The summed E-state index contributed by atoms with van der Waals surface area (Å²) in [6, 6.07) is 7.62. The Hall–Kier alpha value is -1.13. The Morgan fingerprint density at radius 1 is 1.22 bits per heavy atom. The second-order valence-electron chi connectivity index (χ2n) is 4.02. The Labute approximate surface area is 119 Å². The number of rotatable bonds is 3. The van der Waals surface area contributed by atoms with Crippen LogP contribution in [0.3, 0.4) is 0 Å². The Morgan fingerprint density at radius 2 is 1.89 bits per heavy atom. The molecule has 0 unspecified atom stereocenters. The molecule has 0 aliphatic rings. The summed E-state index contributed by atoms with van der Waals surface area (Å²) in [4.78, 5) is 8.42. The van der Waals surface area contributed by atoms with Gasteiger partial charge in [0.2, 0.25) is 0 Å². The molecule has 0 atom stereocenters. The fourth-order valence-corrected chi connectivity index (χ4v) is 1.76. The van der Waals surface area contributed by atoms with Crippen LogP contribution in [-0.2, 0) is 0 Å². The lowest BCUT2D eigenvalue weighted by Gasteiger charge is -2.09. The van der Waals surface area contributed by atoms with E-state index in [0.717, 1.165) is 11.3 Å². The summed E-state index contributed by atoms with van der Waals surface area (Å²) >= 11 is 9.20. The third kappa shape index (κ3) is 3.21. The number of nitrogens with zero attached hydrogens (tertiary/aromatic N) is 2. The van der Waals surface area contributed by atoms with Crippen molar-refractivity contribution in [3.05, 3.63) is 40.1 Å². The molecule has 1 aromatic heterocycles. The topological polar surface area (TPSA) is 35.0 Å². The summed E-state index contributed by atoms with van der Waals surface area (Å²) in [5.41, 5.74) is 0.903. The van der Waals surface area contributed by atoms with E-state index < -0.39 is 0 Å². The van der Waals surface area contributed by atoms with Gasteiger partial charge in [-0.3, -0.25) is 0 Å². The molecule has 2 aromatic rings. The van der Waals surface area contributed by atoms with Crippen LogP contribution in [0, 0.1) is 0 Å². The third-order valence-corrected chi connectivity index (χ3v) is 3.28. The molecule has 18 heavy (non-hydrogen) atoms. The fourth-order valence-electron chi connectivity index (χ4n) is 1.44. The average Bonchev–Trinajstić information content (AvgIpc) is 2.33. The minimum Gasteiger partial charge on any atom is -0.491 e. The van der Waals surface area contributed by atoms with Crippen LogP contribution in [0.4, 0.5) is 0 Å². The van der Waals surface area contributed by atoms with Gasteiger partial charge in [-0.15, -0.1) is 0 Å². The highest BCUT2D eigenvalue weighted by Gasteiger charge is 2.05. The maximum Gasteiger partial charge on any atom is 0.160 e. The van der Waals surface area contributed by atoms with Gasteiger partial charge in [0.15, 0.2) is 5.82 Å². The number of hydrogen-bond donors (Lipinski definition) is 0. The number of hydrogen-bond acceptors (Lipinski definition) is 3. The Morgan fingerprint density at radius 3 is 2.44 bits per heavy atom. The molecule has 0 radical (unpaired) electrons. The molecule has 0 amide bonds. The Bertz CT molecular complexity index is 543. The van der Waals surface area contributed by atoms with Crippen LogP contribution in [0.2, 0.25) is 5.15 Å². The zero-order valence-electron chi connectivity index (χ0n) is 10.0. The maximum absolute atomic E-state index is 5.94. The van der Waals surface area contributed by atoms with Gasteiger partial charge in [-0.05, 0) is 54.0 Å². The SMILES string of the molecule is CC(C)Oc1ccc(-c2ncc(Br)c(Cl)n2)cc1. The zero-order chi connectivity index (χ0) is 13.1. The van der Waals surface area contributed by atoms with E-state index in [0.29, 0.717) is 15.5 Å². The molecule has 0 aliphatic carbocycles. The van der Waals surface area contributed by atoms with Crippen molar-refractivity contribution in [3.8, 4) is 17.1 Å². The summed E-state index contributed by atoms with van der Waals surface area (Å²) in [5.74, 6) is 1.43. The van der Waals surface area contributed by atoms with Gasteiger partial charge >= 0.3 is 0 Å². The molecular weight excluding hydrogens is 316 g/mol. The van der Waals surface area contributed by atoms with Crippen molar-refractivity contribution in [2.75, 3.05) is 0 Å². The molecule has 0 spiro atoms. The number of benzene rings is 1. The van der Waals surface area contributed by atoms with E-state index >= 15 is 0 Å². The molecular formula is C13H12BrClN2O. The fraction of sp³-hybridized carbons (Fsp3) is 0.231. The van der Waals surface area contributed by atoms with E-state index in [2.05, 4.69) is 25.9 Å². The quantitative estimate of drug-likeness (QED) is 0.786. The summed E-state index contributed by atoms with van der Waals surface area (Å²) in [6.45, 7) is 3.98. The third-order valence-electron chi connectivity index (χ3n) is 2.19. The number of aromatic nitrogens is 2. The van der Waals surface area contributed by atoms with Gasteiger partial charge in [0.25, 0.3) is 0 Å². The molecule has 1 heterocycles. The smallest absolute Gasteiger partial charge is 0.160 e. The highest BCUT2D eigenvalue weighted by Crippen LogP contribution is 2.24. The second-order valence-corrected chi connectivity index (χ2v) is 5.24. The van der Waals surface area contributed by atoms with Crippen molar-refractivity contribution in [1.82, 2.24) is 9.97 Å². The second kappa shape index (κ2) is 5.67. The van der Waals surface area contributed by atoms with E-state index in [1.165, 1.54) is 0 Å². The van der Waals surface area contributed by atoms with Gasteiger partial charge in [0.1, 0.15) is 10.9 Å². The summed E-state index contributed by atoms with van der Waals surface area (Å²) in [7, 11) is 0. The first kappa shape index (κ1) is 13.3. The molecule has 1 aromatic carbocycles. The monoisotopic (exact) mass is 326 g/mol. The first-order chi connectivity index (χ1) is 8.56. The predicted molar refractivity (Wildman–Crippen MR) is 75.9 cm³/mol. The van der Waals surface area contributed by atoms with Crippen molar-refractivity contribution in [1.29, 1.82) is 0 Å². The van der Waals surface area contributed by atoms with Crippen LogP contribution < -0.4 is 4.74 Å². The molecule has 0 saturated carbocycles. The van der Waals surface area contributed by atoms with Crippen LogP contribution in [0.1, 0.15) is 13.8 Å². The molecule has 2 rings (SSSR count). The van der Waals surface area contributed by atoms with E-state index in [1.54, 1.807) is 6.20 Å². The van der Waals surface area contributed by atoms with E-state index in [4.69, 9.17) is 16.3 Å². The van der Waals surface area contributed by atoms with Crippen LogP contribution in [0.15, 0.2) is 34.9 Å². The lowest BCUT2D eigenvalue weighted by atomic mass is 10.2. The lowest BCUT2D eigenvalue weighted by Crippen LogP contribution is -2.05. The molecule has 3 nitrogen and oxygen atoms in total. The van der Waals surface area contributed by atoms with Crippen molar-refractivity contribution in [3.63, 3.8) is 0 Å². The minimum absolute atomic E-state index is 0.161. The van der Waals surface area contributed by atoms with Crippen LogP contribution in [0.25, 0.3) is 11.4 Å². The molecule has 5 heteroatoms. The molecule has 0 bridgehead atoms. The standard InChI is InChI=1S/C13H12BrClN2O/c1-8(2)18-10-5-3-9(4-6-10)13-16-7-11(14)12(15)17-13/h3-8H,1-2H3. The molecule has 0 N–H and O–H groups in total. The first-order valence-corrected chi connectivity index (χ1v) is 6.68. The molecule has 0 saturated heterocycles. The van der Waals surface area contributed by atoms with Crippen molar-refractivity contribution in [2.24, 2.45) is 0 Å².